The molecule has 4 atom stereocenters. The largest absolute Gasteiger partial charge is 0.482 e. The summed E-state index contributed by atoms with van der Waals surface area (Å²) in [6, 6.07) is 3.96. The molecule has 0 saturated heterocycles. The van der Waals surface area contributed by atoms with E-state index in [9.17, 15) is 14.4 Å². The lowest BCUT2D eigenvalue weighted by atomic mass is 9.84. The van der Waals surface area contributed by atoms with Crippen molar-refractivity contribution in [1.29, 1.82) is 0 Å². The summed E-state index contributed by atoms with van der Waals surface area (Å²) < 4.78 is 10.6. The molecule has 4 rings (SSSR count). The third-order valence-electron chi connectivity index (χ3n) is 6.41. The fourth-order valence-corrected chi connectivity index (χ4v) is 5.21. The highest BCUT2D eigenvalue weighted by Gasteiger charge is 2.42. The van der Waals surface area contributed by atoms with Gasteiger partial charge in [0, 0.05) is 23.6 Å². The summed E-state index contributed by atoms with van der Waals surface area (Å²) in [6.45, 7) is 3.38. The normalized spacial score (nSPS) is 23.4. The Bertz CT molecular complexity index is 1050. The maximum atomic E-state index is 12.2. The minimum absolute atomic E-state index is 0.0232. The van der Waals surface area contributed by atoms with Crippen molar-refractivity contribution < 1.29 is 18.7 Å². The van der Waals surface area contributed by atoms with E-state index in [1.54, 1.807) is 13.0 Å². The summed E-state index contributed by atoms with van der Waals surface area (Å²) in [5, 5.41) is 6.14. The molecule has 160 valence electrons. The predicted octanol–water partition coefficient (Wildman–Crippen LogP) is 3.78. The number of amides is 3. The van der Waals surface area contributed by atoms with Crippen LogP contribution in [-0.2, 0) is 4.79 Å². The number of carbonyl (C=O) groups is 2. The minimum Gasteiger partial charge on any atom is -0.482 e. The van der Waals surface area contributed by atoms with Crippen molar-refractivity contribution in [3.05, 3.63) is 39.2 Å². The van der Waals surface area contributed by atoms with Crippen molar-refractivity contribution in [2.45, 2.75) is 45.6 Å². The Hall–Kier alpha value is -2.54. The summed E-state index contributed by atoms with van der Waals surface area (Å²) in [5.41, 5.74) is 0.568. The Morgan fingerprint density at radius 2 is 2.07 bits per heavy atom. The Morgan fingerprint density at radius 3 is 2.77 bits per heavy atom. The summed E-state index contributed by atoms with van der Waals surface area (Å²) in [7, 11) is 0. The monoisotopic (exact) mass is 432 g/mol. The number of ether oxygens (including phenoxy) is 1. The molecule has 1 heterocycles. The molecule has 2 N–H and O–H groups in total. The van der Waals surface area contributed by atoms with E-state index < -0.39 is 24.2 Å². The number of nitrogens with one attached hydrogen (secondary N) is 2. The number of carbonyl (C=O) groups excluding carboxylic acids is 2. The Labute approximate surface area is 179 Å². The van der Waals surface area contributed by atoms with Crippen molar-refractivity contribution in [2.24, 2.45) is 17.8 Å². The smallest absolute Gasteiger partial charge is 0.336 e. The van der Waals surface area contributed by atoms with Gasteiger partial charge in [0.2, 0.25) is 0 Å². The Balaban J connectivity index is 1.31. The average Bonchev–Trinajstić information content (AvgIpc) is 3.30. The van der Waals surface area contributed by atoms with E-state index in [-0.39, 0.29) is 16.8 Å². The quantitative estimate of drug-likeness (QED) is 0.700. The Morgan fingerprint density at radius 1 is 1.27 bits per heavy atom. The van der Waals surface area contributed by atoms with Gasteiger partial charge in [-0.1, -0.05) is 18.0 Å². The van der Waals surface area contributed by atoms with Crippen LogP contribution in [0, 0.1) is 24.7 Å². The molecule has 2 aliphatic rings. The van der Waals surface area contributed by atoms with Crippen LogP contribution in [0.3, 0.4) is 0 Å². The second kappa shape index (κ2) is 8.30. The fraction of sp³-hybridized carbons (Fsp3) is 0.500. The molecule has 3 amide bonds. The fourth-order valence-electron chi connectivity index (χ4n) is 4.99. The SMILES string of the molecule is Cc1cc(=O)oc2cc(OCC(=O)NC(=O)N[C@H](C)[C@@H]3C[C@H]4CC[C@H]3C4)c(Cl)cc12. The molecule has 1 aromatic carbocycles. The molecule has 2 aliphatic carbocycles. The van der Waals surface area contributed by atoms with Crippen LogP contribution in [0.5, 0.6) is 5.75 Å². The van der Waals surface area contributed by atoms with Crippen LogP contribution >= 0.6 is 11.6 Å². The van der Waals surface area contributed by atoms with Crippen LogP contribution in [-0.4, -0.2) is 24.6 Å². The van der Waals surface area contributed by atoms with Crippen LogP contribution < -0.4 is 21.0 Å². The highest BCUT2D eigenvalue weighted by atomic mass is 35.5. The van der Waals surface area contributed by atoms with Gasteiger partial charge in [0.1, 0.15) is 11.3 Å². The van der Waals surface area contributed by atoms with E-state index in [4.69, 9.17) is 20.8 Å². The summed E-state index contributed by atoms with van der Waals surface area (Å²) in [5.74, 6) is 1.57. The van der Waals surface area contributed by atoms with Gasteiger partial charge in [-0.15, -0.1) is 0 Å². The van der Waals surface area contributed by atoms with Gasteiger partial charge >= 0.3 is 11.7 Å². The van der Waals surface area contributed by atoms with E-state index in [1.807, 2.05) is 6.92 Å². The van der Waals surface area contributed by atoms with Gasteiger partial charge in [-0.25, -0.2) is 9.59 Å². The molecule has 2 bridgehead atoms. The number of fused-ring (bicyclic) bond motifs is 3. The Kier molecular flexibility index (Phi) is 5.73. The summed E-state index contributed by atoms with van der Waals surface area (Å²) in [4.78, 5) is 35.9. The highest BCUT2D eigenvalue weighted by Crippen LogP contribution is 2.49. The number of urea groups is 1. The maximum absolute atomic E-state index is 12.2. The van der Waals surface area contributed by atoms with Crippen LogP contribution in [0.1, 0.15) is 38.2 Å². The molecule has 8 heteroatoms. The molecule has 1 aromatic heterocycles. The number of hydrogen-bond donors (Lipinski definition) is 2. The first kappa shape index (κ1) is 20.7. The lowest BCUT2D eigenvalue weighted by Crippen LogP contribution is -2.48. The average molecular weight is 433 g/mol. The van der Waals surface area contributed by atoms with Crippen molar-refractivity contribution in [3.63, 3.8) is 0 Å². The van der Waals surface area contributed by atoms with E-state index in [2.05, 4.69) is 10.6 Å². The molecule has 2 fully saturated rings. The summed E-state index contributed by atoms with van der Waals surface area (Å²) in [6.07, 6.45) is 4.95. The number of imide groups is 1. The third kappa shape index (κ3) is 4.31. The highest BCUT2D eigenvalue weighted by molar-refractivity contribution is 6.32. The van der Waals surface area contributed by atoms with Crippen LogP contribution in [0.4, 0.5) is 4.79 Å². The van der Waals surface area contributed by atoms with Crippen LogP contribution in [0.25, 0.3) is 11.0 Å². The molecule has 0 unspecified atom stereocenters. The van der Waals surface area contributed by atoms with Gasteiger partial charge in [-0.2, -0.15) is 0 Å². The van der Waals surface area contributed by atoms with E-state index in [0.717, 1.165) is 17.9 Å². The van der Waals surface area contributed by atoms with Gasteiger partial charge in [0.15, 0.2) is 6.61 Å². The number of hydrogen-bond acceptors (Lipinski definition) is 5. The zero-order valence-corrected chi connectivity index (χ0v) is 17.8. The van der Waals surface area contributed by atoms with Crippen molar-refractivity contribution in [2.75, 3.05) is 6.61 Å². The second-order valence-corrected chi connectivity index (χ2v) is 8.87. The van der Waals surface area contributed by atoms with Crippen molar-refractivity contribution in [1.82, 2.24) is 10.6 Å². The molecule has 0 radical (unpaired) electrons. The molecule has 2 saturated carbocycles. The first-order valence-corrected chi connectivity index (χ1v) is 10.6. The molecule has 0 aliphatic heterocycles. The number of halogens is 1. The van der Waals surface area contributed by atoms with E-state index >= 15 is 0 Å². The van der Waals surface area contributed by atoms with Gasteiger partial charge in [0.25, 0.3) is 5.91 Å². The second-order valence-electron chi connectivity index (χ2n) is 8.46. The predicted molar refractivity (Wildman–Crippen MR) is 113 cm³/mol. The van der Waals surface area contributed by atoms with Crippen molar-refractivity contribution in [3.8, 4) is 5.75 Å². The van der Waals surface area contributed by atoms with E-state index in [0.29, 0.717) is 22.8 Å². The van der Waals surface area contributed by atoms with Gasteiger partial charge < -0.3 is 14.5 Å². The van der Waals surface area contributed by atoms with Crippen molar-refractivity contribution >= 4 is 34.5 Å². The number of rotatable bonds is 5. The summed E-state index contributed by atoms with van der Waals surface area (Å²) >= 11 is 6.22. The third-order valence-corrected chi connectivity index (χ3v) is 6.70. The standard InChI is InChI=1S/C22H25ClN2O5/c1-11-5-21(27)30-18-9-19(17(23)8-15(11)18)29-10-20(26)25-22(28)24-12(2)16-7-13-3-4-14(16)6-13/h5,8-9,12-14,16H,3-4,6-7,10H2,1-2H3,(H2,24,25,26,28)/t12-,13+,14+,16+/m1/s1. The van der Waals surface area contributed by atoms with Gasteiger partial charge in [-0.05, 0) is 62.5 Å². The topological polar surface area (TPSA) is 97.6 Å². The lowest BCUT2D eigenvalue weighted by Gasteiger charge is -2.28. The molecule has 2 aromatic rings. The molecular weight excluding hydrogens is 408 g/mol. The molecule has 0 spiro atoms. The molecular formula is C22H25ClN2O5. The van der Waals surface area contributed by atoms with Gasteiger partial charge in [-0.3, -0.25) is 10.1 Å². The minimum atomic E-state index is -0.588. The maximum Gasteiger partial charge on any atom is 0.336 e. The van der Waals surface area contributed by atoms with Gasteiger partial charge in [0.05, 0.1) is 5.02 Å². The first-order chi connectivity index (χ1) is 14.3. The zero-order valence-electron chi connectivity index (χ0n) is 17.0. The van der Waals surface area contributed by atoms with Crippen LogP contribution in [0.15, 0.2) is 27.4 Å². The van der Waals surface area contributed by atoms with E-state index in [1.165, 1.54) is 31.4 Å². The van der Waals surface area contributed by atoms with Crippen LogP contribution in [0.2, 0.25) is 5.02 Å². The first-order valence-electron chi connectivity index (χ1n) is 10.3. The molecule has 7 nitrogen and oxygen atoms in total. The molecule has 30 heavy (non-hydrogen) atoms. The number of aryl methyl sites for hydroxylation is 1. The number of benzene rings is 1. The lowest BCUT2D eigenvalue weighted by molar-refractivity contribution is -0.122. The zero-order chi connectivity index (χ0) is 21.4.